The van der Waals surface area contributed by atoms with Crippen molar-refractivity contribution in [1.29, 1.82) is 0 Å². The van der Waals surface area contributed by atoms with Gasteiger partial charge in [0.05, 0.1) is 13.2 Å². The Bertz CT molecular complexity index is 762. The summed E-state index contributed by atoms with van der Waals surface area (Å²) in [5.74, 6) is 0.672. The van der Waals surface area contributed by atoms with E-state index in [4.69, 9.17) is 21.1 Å². The SMILES string of the molecule is O=c1[nH]c2c(N3CCOCC3)nc(Cl)nc2n1C1CCOCC1. The van der Waals surface area contributed by atoms with Gasteiger partial charge in [0.2, 0.25) is 5.28 Å². The number of aromatic nitrogens is 4. The zero-order valence-corrected chi connectivity index (χ0v) is 13.4. The summed E-state index contributed by atoms with van der Waals surface area (Å²) in [7, 11) is 0. The Morgan fingerprint density at radius 3 is 2.52 bits per heavy atom. The molecule has 0 saturated carbocycles. The van der Waals surface area contributed by atoms with Gasteiger partial charge in [0.25, 0.3) is 0 Å². The van der Waals surface area contributed by atoms with E-state index in [1.165, 1.54) is 0 Å². The van der Waals surface area contributed by atoms with E-state index in [1.54, 1.807) is 4.57 Å². The molecule has 2 aromatic heterocycles. The lowest BCUT2D eigenvalue weighted by Gasteiger charge is -2.28. The van der Waals surface area contributed by atoms with Crippen molar-refractivity contribution < 1.29 is 9.47 Å². The second-order valence-corrected chi connectivity index (χ2v) is 6.10. The fraction of sp³-hybridized carbons (Fsp3) is 0.643. The van der Waals surface area contributed by atoms with Crippen molar-refractivity contribution in [2.75, 3.05) is 44.4 Å². The number of morpholine rings is 1. The van der Waals surface area contributed by atoms with Crippen molar-refractivity contribution in [1.82, 2.24) is 19.5 Å². The van der Waals surface area contributed by atoms with Gasteiger partial charge in [-0.1, -0.05) is 0 Å². The number of halogens is 1. The molecule has 9 heteroatoms. The molecule has 0 atom stereocenters. The number of hydrogen-bond donors (Lipinski definition) is 1. The molecular weight excluding hydrogens is 322 g/mol. The van der Waals surface area contributed by atoms with E-state index in [9.17, 15) is 4.79 Å². The molecule has 2 aliphatic heterocycles. The van der Waals surface area contributed by atoms with Gasteiger partial charge in [-0.3, -0.25) is 4.57 Å². The van der Waals surface area contributed by atoms with Crippen LogP contribution in [0, 0.1) is 0 Å². The van der Waals surface area contributed by atoms with Gasteiger partial charge in [-0.15, -0.1) is 0 Å². The number of aromatic amines is 1. The second kappa shape index (κ2) is 6.10. The Kier molecular flexibility index (Phi) is 3.96. The van der Waals surface area contributed by atoms with Crippen LogP contribution in [0.5, 0.6) is 0 Å². The van der Waals surface area contributed by atoms with E-state index in [1.807, 2.05) is 0 Å². The maximum absolute atomic E-state index is 12.5. The van der Waals surface area contributed by atoms with Crippen molar-refractivity contribution in [3.63, 3.8) is 0 Å². The number of nitrogens with zero attached hydrogens (tertiary/aromatic N) is 4. The minimum absolute atomic E-state index is 0.0773. The van der Waals surface area contributed by atoms with Crippen LogP contribution in [0.3, 0.4) is 0 Å². The molecule has 0 radical (unpaired) electrons. The lowest BCUT2D eigenvalue weighted by atomic mass is 10.1. The molecule has 23 heavy (non-hydrogen) atoms. The van der Waals surface area contributed by atoms with E-state index in [2.05, 4.69) is 19.9 Å². The Labute approximate surface area is 137 Å². The van der Waals surface area contributed by atoms with Crippen LogP contribution in [-0.2, 0) is 9.47 Å². The molecule has 2 aliphatic rings. The molecular formula is C14H18ClN5O3. The van der Waals surface area contributed by atoms with Crippen LogP contribution in [0.4, 0.5) is 5.82 Å². The molecule has 0 amide bonds. The summed E-state index contributed by atoms with van der Waals surface area (Å²) in [5.41, 5.74) is 1.05. The molecule has 4 rings (SSSR count). The van der Waals surface area contributed by atoms with Crippen LogP contribution in [0.2, 0.25) is 5.28 Å². The normalized spacial score (nSPS) is 20.3. The van der Waals surface area contributed by atoms with Crippen LogP contribution in [0.25, 0.3) is 11.2 Å². The highest BCUT2D eigenvalue weighted by atomic mass is 35.5. The standard InChI is InChI=1S/C14H18ClN5O3/c15-13-17-11(19-3-7-23-8-4-19)10-12(18-13)20(14(21)16-10)9-1-5-22-6-2-9/h9H,1-8H2,(H,16,21). The maximum atomic E-state index is 12.5. The van der Waals surface area contributed by atoms with Crippen LogP contribution < -0.4 is 10.6 Å². The molecule has 0 aliphatic carbocycles. The third-order valence-electron chi connectivity index (χ3n) is 4.39. The Hall–Kier alpha value is -1.64. The second-order valence-electron chi connectivity index (χ2n) is 5.76. The molecule has 0 unspecified atom stereocenters. The van der Waals surface area contributed by atoms with Gasteiger partial charge in [0.1, 0.15) is 5.52 Å². The molecule has 2 fully saturated rings. The number of rotatable bonds is 2. The number of ether oxygens (including phenoxy) is 2. The van der Waals surface area contributed by atoms with Crippen LogP contribution in [0.1, 0.15) is 18.9 Å². The monoisotopic (exact) mass is 339 g/mol. The number of H-pyrrole nitrogens is 1. The predicted molar refractivity (Wildman–Crippen MR) is 85.3 cm³/mol. The molecule has 124 valence electrons. The van der Waals surface area contributed by atoms with E-state index in [-0.39, 0.29) is 17.0 Å². The van der Waals surface area contributed by atoms with Crippen molar-refractivity contribution >= 4 is 28.6 Å². The number of hydrogen-bond acceptors (Lipinski definition) is 6. The zero-order valence-electron chi connectivity index (χ0n) is 12.6. The zero-order chi connectivity index (χ0) is 15.8. The first-order valence-electron chi connectivity index (χ1n) is 7.82. The molecule has 0 aromatic carbocycles. The first-order valence-corrected chi connectivity index (χ1v) is 8.20. The third kappa shape index (κ3) is 2.71. The van der Waals surface area contributed by atoms with Crippen molar-refractivity contribution in [2.24, 2.45) is 0 Å². The first-order chi connectivity index (χ1) is 11.2. The van der Waals surface area contributed by atoms with Gasteiger partial charge < -0.3 is 19.4 Å². The summed E-state index contributed by atoms with van der Waals surface area (Å²) >= 11 is 6.13. The fourth-order valence-corrected chi connectivity index (χ4v) is 3.41. The topological polar surface area (TPSA) is 85.3 Å². The maximum Gasteiger partial charge on any atom is 0.328 e. The van der Waals surface area contributed by atoms with Crippen LogP contribution in [-0.4, -0.2) is 59.0 Å². The van der Waals surface area contributed by atoms with Crippen LogP contribution in [0.15, 0.2) is 4.79 Å². The van der Waals surface area contributed by atoms with Crippen molar-refractivity contribution in [3.8, 4) is 0 Å². The Balaban J connectivity index is 1.84. The summed E-state index contributed by atoms with van der Waals surface area (Å²) in [6, 6.07) is 0.0773. The number of nitrogens with one attached hydrogen (secondary N) is 1. The third-order valence-corrected chi connectivity index (χ3v) is 4.56. The number of fused-ring (bicyclic) bond motifs is 1. The average molecular weight is 340 g/mol. The molecule has 8 nitrogen and oxygen atoms in total. The molecule has 2 aromatic rings. The summed E-state index contributed by atoms with van der Waals surface area (Å²) in [4.78, 5) is 26.1. The van der Waals surface area contributed by atoms with Gasteiger partial charge in [-0.25, -0.2) is 4.79 Å². The molecule has 4 heterocycles. The lowest BCUT2D eigenvalue weighted by Crippen LogP contribution is -2.37. The van der Waals surface area contributed by atoms with Gasteiger partial charge in [0.15, 0.2) is 11.5 Å². The highest BCUT2D eigenvalue weighted by molar-refractivity contribution is 6.28. The van der Waals surface area contributed by atoms with E-state index < -0.39 is 0 Å². The molecule has 0 spiro atoms. The summed E-state index contributed by atoms with van der Waals surface area (Å²) < 4.78 is 12.5. The van der Waals surface area contributed by atoms with Gasteiger partial charge in [-0.05, 0) is 24.4 Å². The minimum atomic E-state index is -0.169. The number of imidazole rings is 1. The summed E-state index contributed by atoms with van der Waals surface area (Å²) in [6.45, 7) is 4.00. The average Bonchev–Trinajstić information content (AvgIpc) is 2.91. The summed E-state index contributed by atoms with van der Waals surface area (Å²) in [5, 5.41) is 0.152. The van der Waals surface area contributed by atoms with Crippen molar-refractivity contribution in [3.05, 3.63) is 15.8 Å². The number of anilines is 1. The first kappa shape index (κ1) is 14.9. The van der Waals surface area contributed by atoms with Crippen molar-refractivity contribution in [2.45, 2.75) is 18.9 Å². The highest BCUT2D eigenvalue weighted by Gasteiger charge is 2.25. The molecule has 2 saturated heterocycles. The smallest absolute Gasteiger partial charge is 0.328 e. The Morgan fingerprint density at radius 1 is 1.09 bits per heavy atom. The van der Waals surface area contributed by atoms with E-state index in [0.29, 0.717) is 56.5 Å². The predicted octanol–water partition coefficient (Wildman–Crippen LogP) is 0.961. The van der Waals surface area contributed by atoms with Gasteiger partial charge >= 0.3 is 5.69 Å². The quantitative estimate of drug-likeness (QED) is 0.820. The highest BCUT2D eigenvalue weighted by Crippen LogP contribution is 2.28. The van der Waals surface area contributed by atoms with Gasteiger partial charge in [-0.2, -0.15) is 9.97 Å². The molecule has 1 N–H and O–H groups in total. The van der Waals surface area contributed by atoms with Crippen LogP contribution >= 0.6 is 11.6 Å². The van der Waals surface area contributed by atoms with Gasteiger partial charge in [0, 0.05) is 32.3 Å². The molecule has 0 bridgehead atoms. The van der Waals surface area contributed by atoms with E-state index in [0.717, 1.165) is 12.8 Å². The largest absolute Gasteiger partial charge is 0.381 e. The summed E-state index contributed by atoms with van der Waals surface area (Å²) in [6.07, 6.45) is 1.59. The lowest BCUT2D eigenvalue weighted by molar-refractivity contribution is 0.0697. The minimum Gasteiger partial charge on any atom is -0.381 e. The Morgan fingerprint density at radius 2 is 1.78 bits per heavy atom. The fourth-order valence-electron chi connectivity index (χ4n) is 3.25. The van der Waals surface area contributed by atoms with E-state index >= 15 is 0 Å².